The number of nitrogens with two attached hydrogens (primary N) is 1. The Hall–Kier alpha value is -1.55. The summed E-state index contributed by atoms with van der Waals surface area (Å²) in [5, 5.41) is 2.88. The van der Waals surface area contributed by atoms with Gasteiger partial charge in [-0.3, -0.25) is 4.79 Å². The summed E-state index contributed by atoms with van der Waals surface area (Å²) < 4.78 is 0. The van der Waals surface area contributed by atoms with Gasteiger partial charge in [0.05, 0.1) is 6.04 Å². The molecule has 1 aromatic carbocycles. The Morgan fingerprint density at radius 2 is 2.22 bits per heavy atom. The zero-order valence-electron chi connectivity index (χ0n) is 11.0. The van der Waals surface area contributed by atoms with E-state index in [1.807, 2.05) is 43.3 Å². The Morgan fingerprint density at radius 1 is 1.50 bits per heavy atom. The third-order valence-corrected chi connectivity index (χ3v) is 3.25. The Bertz CT molecular complexity index is 427. The van der Waals surface area contributed by atoms with Gasteiger partial charge in [0.25, 0.3) is 0 Å². The van der Waals surface area contributed by atoms with Crippen molar-refractivity contribution in [1.82, 2.24) is 0 Å². The molecule has 1 atom stereocenters. The molecule has 4 nitrogen and oxygen atoms in total. The minimum atomic E-state index is -0.388. The van der Waals surface area contributed by atoms with Gasteiger partial charge in [-0.2, -0.15) is 0 Å². The van der Waals surface area contributed by atoms with Crippen molar-refractivity contribution in [2.24, 2.45) is 11.7 Å². The number of nitrogens with zero attached hydrogens (tertiary/aromatic N) is 1. The van der Waals surface area contributed by atoms with Gasteiger partial charge in [-0.1, -0.05) is 18.9 Å². The van der Waals surface area contributed by atoms with Crippen LogP contribution in [0.1, 0.15) is 19.3 Å². The van der Waals surface area contributed by atoms with Crippen LogP contribution in [0.15, 0.2) is 24.3 Å². The molecule has 0 saturated heterocycles. The van der Waals surface area contributed by atoms with Crippen LogP contribution in [-0.4, -0.2) is 26.0 Å². The molecule has 0 heterocycles. The van der Waals surface area contributed by atoms with Gasteiger partial charge in [0.2, 0.25) is 5.91 Å². The molecule has 1 amide bonds. The van der Waals surface area contributed by atoms with E-state index in [0.717, 1.165) is 17.8 Å². The van der Waals surface area contributed by atoms with Crippen LogP contribution >= 0.6 is 0 Å². The molecule has 1 aromatic rings. The standard InChI is InChI=1S/C14H21N3O/c1-17(2)12-5-3-4-11(9-12)16-14(18)13(15)8-10-6-7-10/h3-5,9-10,13H,6-8,15H2,1-2H3,(H,16,18). The van der Waals surface area contributed by atoms with E-state index >= 15 is 0 Å². The van der Waals surface area contributed by atoms with Crippen LogP contribution in [-0.2, 0) is 4.79 Å². The normalized spacial score (nSPS) is 16.2. The molecule has 18 heavy (non-hydrogen) atoms. The zero-order valence-corrected chi connectivity index (χ0v) is 11.0. The highest BCUT2D eigenvalue weighted by atomic mass is 16.2. The van der Waals surface area contributed by atoms with Gasteiger partial charge >= 0.3 is 0 Å². The lowest BCUT2D eigenvalue weighted by Crippen LogP contribution is -2.36. The van der Waals surface area contributed by atoms with Crippen LogP contribution in [0.2, 0.25) is 0 Å². The fraction of sp³-hybridized carbons (Fsp3) is 0.500. The summed E-state index contributed by atoms with van der Waals surface area (Å²) in [5.74, 6) is 0.580. The lowest BCUT2D eigenvalue weighted by molar-refractivity contribution is -0.117. The van der Waals surface area contributed by atoms with Crippen LogP contribution in [0.25, 0.3) is 0 Å². The van der Waals surface area contributed by atoms with E-state index in [0.29, 0.717) is 5.92 Å². The van der Waals surface area contributed by atoms with Gasteiger partial charge in [-0.15, -0.1) is 0 Å². The third-order valence-electron chi connectivity index (χ3n) is 3.25. The number of amides is 1. The maximum absolute atomic E-state index is 11.9. The first kappa shape index (κ1) is 12.9. The van der Waals surface area contributed by atoms with Crippen molar-refractivity contribution >= 4 is 17.3 Å². The van der Waals surface area contributed by atoms with Gasteiger partial charge in [0, 0.05) is 25.5 Å². The number of benzene rings is 1. The van der Waals surface area contributed by atoms with Crippen molar-refractivity contribution in [2.75, 3.05) is 24.3 Å². The number of carbonyl (C=O) groups excluding carboxylic acids is 1. The van der Waals surface area contributed by atoms with E-state index in [1.165, 1.54) is 12.8 Å². The predicted molar refractivity (Wildman–Crippen MR) is 74.7 cm³/mol. The SMILES string of the molecule is CN(C)c1cccc(NC(=O)C(N)CC2CC2)c1. The van der Waals surface area contributed by atoms with Crippen LogP contribution in [0.4, 0.5) is 11.4 Å². The van der Waals surface area contributed by atoms with Crippen molar-refractivity contribution in [1.29, 1.82) is 0 Å². The number of nitrogens with one attached hydrogen (secondary N) is 1. The average Bonchev–Trinajstić information content (AvgIpc) is 3.13. The lowest BCUT2D eigenvalue weighted by atomic mass is 10.1. The van der Waals surface area contributed by atoms with E-state index in [4.69, 9.17) is 5.73 Å². The summed E-state index contributed by atoms with van der Waals surface area (Å²) in [6, 6.07) is 7.37. The van der Waals surface area contributed by atoms with E-state index in [2.05, 4.69) is 5.32 Å². The highest BCUT2D eigenvalue weighted by Gasteiger charge is 2.26. The number of rotatable bonds is 5. The van der Waals surface area contributed by atoms with Crippen molar-refractivity contribution in [3.63, 3.8) is 0 Å². The molecule has 0 spiro atoms. The third kappa shape index (κ3) is 3.47. The van der Waals surface area contributed by atoms with Crippen molar-refractivity contribution in [3.8, 4) is 0 Å². The minimum absolute atomic E-state index is 0.0854. The number of anilines is 2. The van der Waals surface area contributed by atoms with Gasteiger partial charge in [-0.25, -0.2) is 0 Å². The fourth-order valence-corrected chi connectivity index (χ4v) is 1.92. The molecule has 0 aromatic heterocycles. The molecule has 1 fully saturated rings. The van der Waals surface area contributed by atoms with Crippen LogP contribution in [0, 0.1) is 5.92 Å². The number of carbonyl (C=O) groups is 1. The molecule has 1 aliphatic rings. The Morgan fingerprint density at radius 3 is 2.83 bits per heavy atom. The smallest absolute Gasteiger partial charge is 0.241 e. The Kier molecular flexibility index (Phi) is 3.87. The molecule has 98 valence electrons. The summed E-state index contributed by atoms with van der Waals surface area (Å²) in [4.78, 5) is 13.9. The van der Waals surface area contributed by atoms with Crippen LogP contribution < -0.4 is 16.0 Å². The molecule has 4 heteroatoms. The molecule has 0 aliphatic heterocycles. The number of hydrogen-bond acceptors (Lipinski definition) is 3. The second-order valence-electron chi connectivity index (χ2n) is 5.22. The Balaban J connectivity index is 1.94. The largest absolute Gasteiger partial charge is 0.378 e. The van der Waals surface area contributed by atoms with E-state index in [-0.39, 0.29) is 11.9 Å². The van der Waals surface area contributed by atoms with Crippen LogP contribution in [0.3, 0.4) is 0 Å². The first-order valence-corrected chi connectivity index (χ1v) is 6.40. The summed E-state index contributed by atoms with van der Waals surface area (Å²) in [7, 11) is 3.94. The average molecular weight is 247 g/mol. The topological polar surface area (TPSA) is 58.4 Å². The predicted octanol–water partition coefficient (Wildman–Crippen LogP) is 1.82. The first-order chi connectivity index (χ1) is 8.56. The summed E-state index contributed by atoms with van der Waals surface area (Å²) in [5.41, 5.74) is 7.74. The van der Waals surface area contributed by atoms with Crippen molar-refractivity contribution in [2.45, 2.75) is 25.3 Å². The molecule has 1 unspecified atom stereocenters. The van der Waals surface area contributed by atoms with Crippen molar-refractivity contribution in [3.05, 3.63) is 24.3 Å². The molecule has 0 radical (unpaired) electrons. The first-order valence-electron chi connectivity index (χ1n) is 6.40. The second kappa shape index (κ2) is 5.40. The van der Waals surface area contributed by atoms with Gasteiger partial charge in [0.1, 0.15) is 0 Å². The quantitative estimate of drug-likeness (QED) is 0.834. The molecule has 0 bridgehead atoms. The molecule has 1 aliphatic carbocycles. The van der Waals surface area contributed by atoms with Gasteiger partial charge < -0.3 is 16.0 Å². The number of hydrogen-bond donors (Lipinski definition) is 2. The molecule has 3 N–H and O–H groups in total. The summed E-state index contributed by atoms with van der Waals surface area (Å²) in [6.45, 7) is 0. The van der Waals surface area contributed by atoms with E-state index in [1.54, 1.807) is 0 Å². The second-order valence-corrected chi connectivity index (χ2v) is 5.22. The lowest BCUT2D eigenvalue weighted by Gasteiger charge is -2.15. The molecular formula is C14H21N3O. The zero-order chi connectivity index (χ0) is 13.1. The fourth-order valence-electron chi connectivity index (χ4n) is 1.92. The maximum Gasteiger partial charge on any atom is 0.241 e. The van der Waals surface area contributed by atoms with Crippen LogP contribution in [0.5, 0.6) is 0 Å². The van der Waals surface area contributed by atoms with E-state index in [9.17, 15) is 4.79 Å². The van der Waals surface area contributed by atoms with Gasteiger partial charge in [-0.05, 0) is 30.5 Å². The Labute approximate surface area is 108 Å². The summed E-state index contributed by atoms with van der Waals surface area (Å²) >= 11 is 0. The van der Waals surface area contributed by atoms with E-state index < -0.39 is 0 Å². The highest BCUT2D eigenvalue weighted by molar-refractivity contribution is 5.95. The minimum Gasteiger partial charge on any atom is -0.378 e. The molecule has 2 rings (SSSR count). The molecule has 1 saturated carbocycles. The summed E-state index contributed by atoms with van der Waals surface area (Å²) in [6.07, 6.45) is 3.24. The highest BCUT2D eigenvalue weighted by Crippen LogP contribution is 2.33. The monoisotopic (exact) mass is 247 g/mol. The van der Waals surface area contributed by atoms with Gasteiger partial charge in [0.15, 0.2) is 0 Å². The van der Waals surface area contributed by atoms with Crippen molar-refractivity contribution < 1.29 is 4.79 Å². The maximum atomic E-state index is 11.9. The molecular weight excluding hydrogens is 226 g/mol.